The topological polar surface area (TPSA) is 20.2 Å². The van der Waals surface area contributed by atoms with Crippen LogP contribution >= 0.6 is 11.8 Å². The first-order valence-corrected chi connectivity index (χ1v) is 7.64. The van der Waals surface area contributed by atoms with Gasteiger partial charge in [-0.2, -0.15) is 0 Å². The molecule has 1 unspecified atom stereocenters. The van der Waals surface area contributed by atoms with Gasteiger partial charge < -0.3 is 5.11 Å². The Morgan fingerprint density at radius 2 is 1.74 bits per heavy atom. The van der Waals surface area contributed by atoms with Gasteiger partial charge in [0.1, 0.15) is 0 Å². The monoisotopic (exact) mass is 272 g/mol. The predicted molar refractivity (Wildman–Crippen MR) is 82.7 cm³/mol. The van der Waals surface area contributed by atoms with Crippen LogP contribution in [0.2, 0.25) is 0 Å². The summed E-state index contributed by atoms with van der Waals surface area (Å²) in [6.07, 6.45) is 0.629. The highest BCUT2D eigenvalue weighted by Crippen LogP contribution is 2.27. The fourth-order valence-corrected chi connectivity index (χ4v) is 2.96. The van der Waals surface area contributed by atoms with Crippen LogP contribution in [0.4, 0.5) is 0 Å². The summed E-state index contributed by atoms with van der Waals surface area (Å²) < 4.78 is 0. The van der Waals surface area contributed by atoms with E-state index in [0.717, 1.165) is 12.0 Å². The molecule has 0 bridgehead atoms. The average Bonchev–Trinajstić information content (AvgIpc) is 2.46. The Kier molecular flexibility index (Phi) is 5.06. The number of thioether (sulfide) groups is 1. The molecule has 0 saturated carbocycles. The molecule has 0 aliphatic heterocycles. The summed E-state index contributed by atoms with van der Waals surface area (Å²) in [6.45, 7) is 4.24. The third kappa shape index (κ3) is 3.85. The van der Waals surface area contributed by atoms with Crippen molar-refractivity contribution in [1.82, 2.24) is 0 Å². The second-order valence-electron chi connectivity index (χ2n) is 4.69. The molecule has 0 saturated heterocycles. The predicted octanol–water partition coefficient (Wildman–Crippen LogP) is 4.38. The van der Waals surface area contributed by atoms with Gasteiger partial charge in [0.05, 0.1) is 6.10 Å². The highest BCUT2D eigenvalue weighted by Gasteiger charge is 2.08. The normalized spacial score (nSPS) is 12.4. The van der Waals surface area contributed by atoms with Crippen molar-refractivity contribution >= 4 is 11.8 Å². The molecule has 1 atom stereocenters. The smallest absolute Gasteiger partial charge is 0.0883 e. The van der Waals surface area contributed by atoms with Gasteiger partial charge in [0.25, 0.3) is 0 Å². The van der Waals surface area contributed by atoms with E-state index in [0.29, 0.717) is 5.75 Å². The van der Waals surface area contributed by atoms with E-state index in [2.05, 4.69) is 38.1 Å². The maximum Gasteiger partial charge on any atom is 0.0883 e. The third-order valence-electron chi connectivity index (χ3n) is 3.26. The van der Waals surface area contributed by atoms with Crippen molar-refractivity contribution in [3.05, 3.63) is 65.2 Å². The summed E-state index contributed by atoms with van der Waals surface area (Å²) in [7, 11) is 0. The second kappa shape index (κ2) is 6.78. The van der Waals surface area contributed by atoms with E-state index in [1.54, 1.807) is 11.8 Å². The molecule has 0 aliphatic rings. The van der Waals surface area contributed by atoms with Gasteiger partial charge in [-0.3, -0.25) is 0 Å². The van der Waals surface area contributed by atoms with Crippen LogP contribution in [-0.4, -0.2) is 10.9 Å². The minimum absolute atomic E-state index is 0.407. The molecule has 2 rings (SSSR count). The van der Waals surface area contributed by atoms with Crippen LogP contribution in [0.5, 0.6) is 0 Å². The lowest BCUT2D eigenvalue weighted by Crippen LogP contribution is -2.00. The van der Waals surface area contributed by atoms with Crippen molar-refractivity contribution in [2.24, 2.45) is 0 Å². The second-order valence-corrected chi connectivity index (χ2v) is 5.75. The summed E-state index contributed by atoms with van der Waals surface area (Å²) >= 11 is 1.71. The van der Waals surface area contributed by atoms with E-state index in [1.165, 1.54) is 16.0 Å². The number of hydrogen-bond donors (Lipinski definition) is 1. The van der Waals surface area contributed by atoms with Crippen LogP contribution in [-0.2, 0) is 6.42 Å². The van der Waals surface area contributed by atoms with Crippen LogP contribution in [0, 0.1) is 6.92 Å². The molecule has 2 heteroatoms. The Morgan fingerprint density at radius 1 is 1.05 bits per heavy atom. The summed E-state index contributed by atoms with van der Waals surface area (Å²) in [4.78, 5) is 1.24. The first-order valence-electron chi connectivity index (χ1n) is 6.66. The fourth-order valence-electron chi connectivity index (χ4n) is 1.96. The molecule has 19 heavy (non-hydrogen) atoms. The van der Waals surface area contributed by atoms with Crippen molar-refractivity contribution in [1.29, 1.82) is 0 Å². The molecule has 0 heterocycles. The molecule has 0 aliphatic carbocycles. The fraction of sp³-hybridized carbons (Fsp3) is 0.294. The van der Waals surface area contributed by atoms with Gasteiger partial charge in [0.15, 0.2) is 0 Å². The third-order valence-corrected chi connectivity index (χ3v) is 4.51. The molecule has 2 aromatic carbocycles. The van der Waals surface area contributed by atoms with Gasteiger partial charge in [-0.15, -0.1) is 11.8 Å². The van der Waals surface area contributed by atoms with E-state index in [9.17, 15) is 5.11 Å². The molecule has 0 amide bonds. The first-order chi connectivity index (χ1) is 9.20. The molecule has 0 aromatic heterocycles. The lowest BCUT2D eigenvalue weighted by molar-refractivity contribution is 0.204. The lowest BCUT2D eigenvalue weighted by atomic mass is 10.1. The SMILES string of the molecule is CCc1ccc(C(O)CSc2ccccc2C)cc1. The molecule has 1 nitrogen and oxygen atoms in total. The summed E-state index contributed by atoms with van der Waals surface area (Å²) in [5.41, 5.74) is 3.57. The Hall–Kier alpha value is -1.25. The summed E-state index contributed by atoms with van der Waals surface area (Å²) in [5, 5.41) is 10.2. The highest BCUT2D eigenvalue weighted by molar-refractivity contribution is 7.99. The maximum absolute atomic E-state index is 10.2. The largest absolute Gasteiger partial charge is 0.388 e. The standard InChI is InChI=1S/C17H20OS/c1-3-14-8-10-15(11-9-14)16(18)12-19-17-7-5-4-6-13(17)2/h4-11,16,18H,3,12H2,1-2H3. The van der Waals surface area contributed by atoms with E-state index in [1.807, 2.05) is 24.3 Å². The molecular weight excluding hydrogens is 252 g/mol. The lowest BCUT2D eigenvalue weighted by Gasteiger charge is -2.12. The number of aliphatic hydroxyl groups is 1. The van der Waals surface area contributed by atoms with Crippen LogP contribution in [0.15, 0.2) is 53.4 Å². The summed E-state index contributed by atoms with van der Waals surface area (Å²) in [5.74, 6) is 0.691. The minimum atomic E-state index is -0.407. The summed E-state index contributed by atoms with van der Waals surface area (Å²) in [6, 6.07) is 16.5. The molecule has 0 radical (unpaired) electrons. The van der Waals surface area contributed by atoms with E-state index < -0.39 is 6.10 Å². The van der Waals surface area contributed by atoms with Crippen LogP contribution in [0.3, 0.4) is 0 Å². The van der Waals surface area contributed by atoms with Crippen LogP contribution < -0.4 is 0 Å². The Balaban J connectivity index is 1.97. The van der Waals surface area contributed by atoms with Gasteiger partial charge in [-0.1, -0.05) is 49.4 Å². The molecular formula is C17H20OS. The Morgan fingerprint density at radius 3 is 2.37 bits per heavy atom. The minimum Gasteiger partial charge on any atom is -0.388 e. The average molecular weight is 272 g/mol. The number of benzene rings is 2. The van der Waals surface area contributed by atoms with Crippen LogP contribution in [0.25, 0.3) is 0 Å². The van der Waals surface area contributed by atoms with Gasteiger partial charge in [-0.25, -0.2) is 0 Å². The zero-order valence-corrected chi connectivity index (χ0v) is 12.3. The number of hydrogen-bond acceptors (Lipinski definition) is 2. The van der Waals surface area contributed by atoms with Crippen molar-refractivity contribution < 1.29 is 5.11 Å². The molecule has 1 N–H and O–H groups in total. The van der Waals surface area contributed by atoms with Crippen molar-refractivity contribution in [3.8, 4) is 0 Å². The number of aliphatic hydroxyl groups excluding tert-OH is 1. The highest BCUT2D eigenvalue weighted by atomic mass is 32.2. The Bertz CT molecular complexity index is 519. The number of rotatable bonds is 5. The van der Waals surface area contributed by atoms with Crippen molar-refractivity contribution in [3.63, 3.8) is 0 Å². The van der Waals surface area contributed by atoms with E-state index in [-0.39, 0.29) is 0 Å². The van der Waals surface area contributed by atoms with Gasteiger partial charge in [-0.05, 0) is 36.1 Å². The van der Waals surface area contributed by atoms with E-state index in [4.69, 9.17) is 0 Å². The van der Waals surface area contributed by atoms with Crippen molar-refractivity contribution in [2.75, 3.05) is 5.75 Å². The molecule has 0 fully saturated rings. The van der Waals surface area contributed by atoms with Crippen LogP contribution in [0.1, 0.15) is 29.7 Å². The van der Waals surface area contributed by atoms with Gasteiger partial charge >= 0.3 is 0 Å². The van der Waals surface area contributed by atoms with Crippen molar-refractivity contribution in [2.45, 2.75) is 31.3 Å². The zero-order chi connectivity index (χ0) is 13.7. The maximum atomic E-state index is 10.2. The molecule has 0 spiro atoms. The molecule has 2 aromatic rings. The molecule has 100 valence electrons. The quantitative estimate of drug-likeness (QED) is 0.815. The first kappa shape index (κ1) is 14.2. The Labute approximate surface area is 119 Å². The van der Waals surface area contributed by atoms with E-state index >= 15 is 0 Å². The van der Waals surface area contributed by atoms with Gasteiger partial charge in [0.2, 0.25) is 0 Å². The van der Waals surface area contributed by atoms with Gasteiger partial charge in [0, 0.05) is 10.6 Å². The number of aryl methyl sites for hydroxylation is 2. The zero-order valence-electron chi connectivity index (χ0n) is 11.5.